The third kappa shape index (κ3) is 1.10. The van der Waals surface area contributed by atoms with Gasteiger partial charge in [-0.3, -0.25) is 0 Å². The van der Waals surface area contributed by atoms with Gasteiger partial charge in [0.15, 0.2) is 5.65 Å². The van der Waals surface area contributed by atoms with Crippen molar-refractivity contribution in [3.05, 3.63) is 29.6 Å². The highest BCUT2D eigenvalue weighted by molar-refractivity contribution is 6.28. The first-order valence-corrected chi connectivity index (χ1v) is 3.59. The second-order valence-corrected chi connectivity index (χ2v) is 2.50. The molecule has 0 saturated carbocycles. The molecule has 2 aromatic rings. The van der Waals surface area contributed by atoms with Crippen LogP contribution in [0.15, 0.2) is 18.3 Å². The molecule has 0 N–H and O–H groups in total. The van der Waals surface area contributed by atoms with E-state index < -0.39 is 5.95 Å². The van der Waals surface area contributed by atoms with Gasteiger partial charge >= 0.3 is 0 Å². The Labute approximate surface area is 72.2 Å². The molecule has 5 heteroatoms. The molecule has 0 unspecified atom stereocenters. The van der Waals surface area contributed by atoms with E-state index in [-0.39, 0.29) is 16.3 Å². The van der Waals surface area contributed by atoms with Crippen molar-refractivity contribution >= 4 is 22.6 Å². The van der Waals surface area contributed by atoms with E-state index in [4.69, 9.17) is 11.6 Å². The molecule has 3 nitrogen and oxygen atoms in total. The molecule has 0 aliphatic rings. The van der Waals surface area contributed by atoms with Crippen LogP contribution in [-0.4, -0.2) is 15.0 Å². The molecule has 0 radical (unpaired) electrons. The first kappa shape index (κ1) is 7.36. The number of aromatic nitrogens is 3. The standard InChI is InChI=1S/C7H3ClFN3/c8-7-11-5(9)4-2-1-3-10-6(4)12-7/h1-3H. The van der Waals surface area contributed by atoms with Crippen molar-refractivity contribution in [2.75, 3.05) is 0 Å². The number of hydrogen-bond donors (Lipinski definition) is 0. The van der Waals surface area contributed by atoms with Gasteiger partial charge in [0.05, 0.1) is 5.39 Å². The molecule has 2 heterocycles. The first-order valence-electron chi connectivity index (χ1n) is 3.21. The van der Waals surface area contributed by atoms with E-state index in [0.29, 0.717) is 0 Å². The van der Waals surface area contributed by atoms with Crippen LogP contribution >= 0.6 is 11.6 Å². The highest BCUT2D eigenvalue weighted by atomic mass is 35.5. The smallest absolute Gasteiger partial charge is 0.227 e. The largest absolute Gasteiger partial charge is 0.236 e. The molecule has 0 aliphatic heterocycles. The van der Waals surface area contributed by atoms with Crippen LogP contribution < -0.4 is 0 Å². The highest BCUT2D eigenvalue weighted by Gasteiger charge is 2.04. The molecule has 2 aromatic heterocycles. The molecular formula is C7H3ClFN3. The predicted octanol–water partition coefficient (Wildman–Crippen LogP) is 1.82. The van der Waals surface area contributed by atoms with Crippen molar-refractivity contribution in [3.63, 3.8) is 0 Å². The zero-order valence-electron chi connectivity index (χ0n) is 5.83. The lowest BCUT2D eigenvalue weighted by Crippen LogP contribution is -1.92. The molecule has 0 aromatic carbocycles. The highest BCUT2D eigenvalue weighted by Crippen LogP contribution is 2.13. The van der Waals surface area contributed by atoms with Crippen molar-refractivity contribution in [1.82, 2.24) is 15.0 Å². The summed E-state index contributed by atoms with van der Waals surface area (Å²) in [5.41, 5.74) is 0.273. The van der Waals surface area contributed by atoms with Crippen LogP contribution in [0.5, 0.6) is 0 Å². The van der Waals surface area contributed by atoms with Gasteiger partial charge in [-0.2, -0.15) is 14.4 Å². The van der Waals surface area contributed by atoms with Crippen LogP contribution in [0, 0.1) is 5.95 Å². The van der Waals surface area contributed by atoms with Crippen LogP contribution in [-0.2, 0) is 0 Å². The monoisotopic (exact) mass is 183 g/mol. The lowest BCUT2D eigenvalue weighted by molar-refractivity contribution is 0.593. The Kier molecular flexibility index (Phi) is 1.62. The third-order valence-electron chi connectivity index (χ3n) is 1.40. The molecule has 60 valence electrons. The fourth-order valence-electron chi connectivity index (χ4n) is 0.901. The van der Waals surface area contributed by atoms with Gasteiger partial charge in [0.2, 0.25) is 11.2 Å². The molecule has 12 heavy (non-hydrogen) atoms. The molecule has 0 atom stereocenters. The Morgan fingerprint density at radius 1 is 1.33 bits per heavy atom. The summed E-state index contributed by atoms with van der Waals surface area (Å²) in [6.07, 6.45) is 1.52. The van der Waals surface area contributed by atoms with Gasteiger partial charge in [0.25, 0.3) is 0 Å². The summed E-state index contributed by atoms with van der Waals surface area (Å²) in [6, 6.07) is 3.16. The third-order valence-corrected chi connectivity index (χ3v) is 1.57. The number of nitrogens with zero attached hydrogens (tertiary/aromatic N) is 3. The van der Waals surface area contributed by atoms with Crippen LogP contribution in [0.4, 0.5) is 4.39 Å². The lowest BCUT2D eigenvalue weighted by atomic mass is 10.3. The molecule has 0 fully saturated rings. The van der Waals surface area contributed by atoms with Crippen molar-refractivity contribution < 1.29 is 4.39 Å². The minimum Gasteiger partial charge on any atom is -0.236 e. The summed E-state index contributed by atoms with van der Waals surface area (Å²) in [6.45, 7) is 0. The molecule has 0 saturated heterocycles. The van der Waals surface area contributed by atoms with E-state index in [1.807, 2.05) is 0 Å². The predicted molar refractivity (Wildman–Crippen MR) is 42.3 cm³/mol. The Morgan fingerprint density at radius 3 is 3.00 bits per heavy atom. The molecule has 0 spiro atoms. The maximum atomic E-state index is 13.0. The maximum absolute atomic E-state index is 13.0. The van der Waals surface area contributed by atoms with Gasteiger partial charge in [-0.15, -0.1) is 0 Å². The SMILES string of the molecule is Fc1nc(Cl)nc2ncccc12. The van der Waals surface area contributed by atoms with Gasteiger partial charge in [-0.05, 0) is 23.7 Å². The van der Waals surface area contributed by atoms with Crippen LogP contribution in [0.3, 0.4) is 0 Å². The van der Waals surface area contributed by atoms with Gasteiger partial charge in [-0.1, -0.05) is 0 Å². The van der Waals surface area contributed by atoms with E-state index in [9.17, 15) is 4.39 Å². The Morgan fingerprint density at radius 2 is 2.17 bits per heavy atom. The van der Waals surface area contributed by atoms with E-state index in [1.54, 1.807) is 12.1 Å². The van der Waals surface area contributed by atoms with Gasteiger partial charge in [-0.25, -0.2) is 4.98 Å². The average Bonchev–Trinajstić information content (AvgIpc) is 2.04. The number of pyridine rings is 1. The summed E-state index contributed by atoms with van der Waals surface area (Å²) in [4.78, 5) is 10.9. The van der Waals surface area contributed by atoms with E-state index in [2.05, 4.69) is 15.0 Å². The Hall–Kier alpha value is -1.29. The summed E-state index contributed by atoms with van der Waals surface area (Å²) in [5.74, 6) is -0.641. The minimum absolute atomic E-state index is 0.126. The van der Waals surface area contributed by atoms with Crippen LogP contribution in [0.25, 0.3) is 11.0 Å². The maximum Gasteiger partial charge on any atom is 0.227 e. The molecule has 0 amide bonds. The van der Waals surface area contributed by atoms with Crippen molar-refractivity contribution in [2.24, 2.45) is 0 Å². The normalized spacial score (nSPS) is 10.5. The van der Waals surface area contributed by atoms with Crippen LogP contribution in [0.1, 0.15) is 0 Å². The number of halogens is 2. The molecule has 0 aliphatic carbocycles. The van der Waals surface area contributed by atoms with Gasteiger partial charge in [0, 0.05) is 6.20 Å². The van der Waals surface area contributed by atoms with Crippen molar-refractivity contribution in [2.45, 2.75) is 0 Å². The zero-order chi connectivity index (χ0) is 8.55. The van der Waals surface area contributed by atoms with Gasteiger partial charge in [0.1, 0.15) is 0 Å². The molecule has 2 rings (SSSR count). The minimum atomic E-state index is -0.641. The summed E-state index contributed by atoms with van der Waals surface area (Å²) in [5, 5.41) is 0.153. The average molecular weight is 184 g/mol. The second kappa shape index (κ2) is 2.64. The fourth-order valence-corrected chi connectivity index (χ4v) is 1.05. The topological polar surface area (TPSA) is 38.7 Å². The number of hydrogen-bond acceptors (Lipinski definition) is 3. The summed E-state index contributed by atoms with van der Waals surface area (Å²) >= 11 is 5.42. The second-order valence-electron chi connectivity index (χ2n) is 2.16. The summed E-state index contributed by atoms with van der Waals surface area (Å²) in [7, 11) is 0. The number of fused-ring (bicyclic) bond motifs is 1. The van der Waals surface area contributed by atoms with Gasteiger partial charge < -0.3 is 0 Å². The molecule has 0 bridgehead atoms. The van der Waals surface area contributed by atoms with Crippen molar-refractivity contribution in [1.29, 1.82) is 0 Å². The fraction of sp³-hybridized carbons (Fsp3) is 0. The lowest BCUT2D eigenvalue weighted by Gasteiger charge is -1.95. The van der Waals surface area contributed by atoms with E-state index >= 15 is 0 Å². The van der Waals surface area contributed by atoms with E-state index in [1.165, 1.54) is 6.20 Å². The number of rotatable bonds is 0. The zero-order valence-corrected chi connectivity index (χ0v) is 6.59. The Bertz CT molecular complexity index is 432. The summed E-state index contributed by atoms with van der Waals surface area (Å²) < 4.78 is 13.0. The first-order chi connectivity index (χ1) is 5.77. The van der Waals surface area contributed by atoms with Crippen LogP contribution in [0.2, 0.25) is 5.28 Å². The van der Waals surface area contributed by atoms with E-state index in [0.717, 1.165) is 0 Å². The quantitative estimate of drug-likeness (QED) is 0.462. The van der Waals surface area contributed by atoms with Crippen molar-refractivity contribution in [3.8, 4) is 0 Å². The molecular weight excluding hydrogens is 181 g/mol. The Balaban J connectivity index is 2.89.